The summed E-state index contributed by atoms with van der Waals surface area (Å²) in [5.41, 5.74) is 0. The first-order valence-corrected chi connectivity index (χ1v) is 9.66. The SMILES string of the molecule is CS(=O)(=O)NCCC1CCCCN1C(=O)CCCCCl. The molecule has 7 heteroatoms. The number of halogens is 1. The van der Waals surface area contributed by atoms with Gasteiger partial charge in [-0.1, -0.05) is 0 Å². The van der Waals surface area contributed by atoms with Gasteiger partial charge in [0.25, 0.3) is 0 Å². The van der Waals surface area contributed by atoms with Crippen molar-refractivity contribution in [3.8, 4) is 0 Å². The molecule has 1 fully saturated rings. The molecule has 1 rings (SSSR count). The number of rotatable bonds is 8. The smallest absolute Gasteiger partial charge is 0.222 e. The summed E-state index contributed by atoms with van der Waals surface area (Å²) in [6, 6.07) is 0.168. The Morgan fingerprint density at radius 2 is 2.10 bits per heavy atom. The Kier molecular flexibility index (Phi) is 7.84. The number of sulfonamides is 1. The quantitative estimate of drug-likeness (QED) is 0.546. The van der Waals surface area contributed by atoms with E-state index in [9.17, 15) is 13.2 Å². The van der Waals surface area contributed by atoms with Crippen molar-refractivity contribution in [1.29, 1.82) is 0 Å². The van der Waals surface area contributed by atoms with E-state index in [4.69, 9.17) is 11.6 Å². The Hall–Kier alpha value is -0.330. The van der Waals surface area contributed by atoms with Gasteiger partial charge in [0.15, 0.2) is 0 Å². The van der Waals surface area contributed by atoms with E-state index in [2.05, 4.69) is 4.72 Å². The molecule has 1 aliphatic rings. The lowest BCUT2D eigenvalue weighted by molar-refractivity contribution is -0.135. The van der Waals surface area contributed by atoms with Gasteiger partial charge in [0, 0.05) is 31.4 Å². The van der Waals surface area contributed by atoms with Crippen molar-refractivity contribution in [2.24, 2.45) is 0 Å². The molecule has 5 nitrogen and oxygen atoms in total. The Morgan fingerprint density at radius 3 is 2.75 bits per heavy atom. The highest BCUT2D eigenvalue weighted by atomic mass is 35.5. The van der Waals surface area contributed by atoms with Crippen LogP contribution in [0.3, 0.4) is 0 Å². The van der Waals surface area contributed by atoms with Gasteiger partial charge in [0.1, 0.15) is 0 Å². The Balaban J connectivity index is 2.42. The number of nitrogens with zero attached hydrogens (tertiary/aromatic N) is 1. The van der Waals surface area contributed by atoms with Crippen LogP contribution in [0.25, 0.3) is 0 Å². The zero-order chi connectivity index (χ0) is 15.0. The van der Waals surface area contributed by atoms with E-state index in [0.29, 0.717) is 25.3 Å². The molecule has 0 saturated carbocycles. The van der Waals surface area contributed by atoms with E-state index in [1.165, 1.54) is 0 Å². The second-order valence-electron chi connectivity index (χ2n) is 5.34. The average Bonchev–Trinajstić information content (AvgIpc) is 2.38. The summed E-state index contributed by atoms with van der Waals surface area (Å²) >= 11 is 5.62. The fourth-order valence-corrected chi connectivity index (χ4v) is 3.23. The molecule has 1 atom stereocenters. The summed E-state index contributed by atoms with van der Waals surface area (Å²) in [5.74, 6) is 0.772. The Labute approximate surface area is 127 Å². The van der Waals surface area contributed by atoms with E-state index in [0.717, 1.165) is 44.9 Å². The van der Waals surface area contributed by atoms with Crippen LogP contribution < -0.4 is 4.72 Å². The van der Waals surface area contributed by atoms with Crippen LogP contribution in [-0.2, 0) is 14.8 Å². The highest BCUT2D eigenvalue weighted by Crippen LogP contribution is 2.21. The van der Waals surface area contributed by atoms with Crippen LogP contribution in [-0.4, -0.2) is 50.5 Å². The highest BCUT2D eigenvalue weighted by Gasteiger charge is 2.25. The Bertz CT molecular complexity index is 400. The number of nitrogens with one attached hydrogen (secondary N) is 1. The van der Waals surface area contributed by atoms with Gasteiger partial charge >= 0.3 is 0 Å². The lowest BCUT2D eigenvalue weighted by Gasteiger charge is -2.36. The van der Waals surface area contributed by atoms with Crippen molar-refractivity contribution in [3.63, 3.8) is 0 Å². The molecule has 1 saturated heterocycles. The molecule has 0 bridgehead atoms. The molecule has 1 heterocycles. The molecule has 0 aromatic rings. The van der Waals surface area contributed by atoms with E-state index < -0.39 is 10.0 Å². The van der Waals surface area contributed by atoms with Crippen molar-refractivity contribution in [3.05, 3.63) is 0 Å². The van der Waals surface area contributed by atoms with Crippen LogP contribution in [0.1, 0.15) is 44.9 Å². The number of carbonyl (C=O) groups excluding carboxylic acids is 1. The maximum Gasteiger partial charge on any atom is 0.222 e. The van der Waals surface area contributed by atoms with Crippen molar-refractivity contribution in [1.82, 2.24) is 9.62 Å². The van der Waals surface area contributed by atoms with Gasteiger partial charge in [-0.15, -0.1) is 11.6 Å². The second kappa shape index (κ2) is 8.85. The number of amides is 1. The zero-order valence-electron chi connectivity index (χ0n) is 12.1. The van der Waals surface area contributed by atoms with Gasteiger partial charge in [-0.3, -0.25) is 4.79 Å². The molecule has 0 aromatic carbocycles. The molecule has 1 N–H and O–H groups in total. The van der Waals surface area contributed by atoms with Gasteiger partial charge in [-0.2, -0.15) is 0 Å². The fraction of sp³-hybridized carbons (Fsp3) is 0.923. The molecular weight excluding hydrogens is 300 g/mol. The van der Waals surface area contributed by atoms with Crippen molar-refractivity contribution < 1.29 is 13.2 Å². The number of piperidine rings is 1. The number of alkyl halides is 1. The van der Waals surface area contributed by atoms with E-state index in [1.54, 1.807) is 0 Å². The van der Waals surface area contributed by atoms with E-state index >= 15 is 0 Å². The highest BCUT2D eigenvalue weighted by molar-refractivity contribution is 7.88. The van der Waals surface area contributed by atoms with Crippen LogP contribution in [0.2, 0.25) is 0 Å². The topological polar surface area (TPSA) is 66.5 Å². The number of likely N-dealkylation sites (tertiary alicyclic amines) is 1. The largest absolute Gasteiger partial charge is 0.340 e. The summed E-state index contributed by atoms with van der Waals surface area (Å²) in [6.07, 6.45) is 7.19. The minimum absolute atomic E-state index is 0.168. The van der Waals surface area contributed by atoms with Crippen molar-refractivity contribution in [2.45, 2.75) is 51.0 Å². The molecular formula is C13H25ClN2O3S. The maximum atomic E-state index is 12.2. The van der Waals surface area contributed by atoms with Crippen molar-refractivity contribution >= 4 is 27.5 Å². The van der Waals surface area contributed by atoms with Crippen LogP contribution in [0.15, 0.2) is 0 Å². The van der Waals surface area contributed by atoms with Crippen LogP contribution in [0.5, 0.6) is 0 Å². The molecule has 1 unspecified atom stereocenters. The normalized spacial score (nSPS) is 20.1. The van der Waals surface area contributed by atoms with E-state index in [1.807, 2.05) is 4.90 Å². The van der Waals surface area contributed by atoms with Gasteiger partial charge < -0.3 is 4.90 Å². The minimum atomic E-state index is -3.15. The number of unbranched alkanes of at least 4 members (excludes halogenated alkanes) is 1. The average molecular weight is 325 g/mol. The molecule has 1 aliphatic heterocycles. The summed E-state index contributed by atoms with van der Waals surface area (Å²) < 4.78 is 24.6. The second-order valence-corrected chi connectivity index (χ2v) is 7.55. The van der Waals surface area contributed by atoms with E-state index in [-0.39, 0.29) is 11.9 Å². The minimum Gasteiger partial charge on any atom is -0.340 e. The molecule has 118 valence electrons. The van der Waals surface area contributed by atoms with Gasteiger partial charge in [0.05, 0.1) is 6.26 Å². The third-order valence-electron chi connectivity index (χ3n) is 3.56. The number of hydrogen-bond donors (Lipinski definition) is 1. The molecule has 0 aromatic heterocycles. The maximum absolute atomic E-state index is 12.2. The van der Waals surface area contributed by atoms with Crippen molar-refractivity contribution in [2.75, 3.05) is 25.2 Å². The lowest BCUT2D eigenvalue weighted by Crippen LogP contribution is -2.45. The molecule has 20 heavy (non-hydrogen) atoms. The summed E-state index contributed by atoms with van der Waals surface area (Å²) in [7, 11) is -3.15. The monoisotopic (exact) mass is 324 g/mol. The van der Waals surface area contributed by atoms with Crippen LogP contribution in [0, 0.1) is 0 Å². The van der Waals surface area contributed by atoms with Crippen LogP contribution >= 0.6 is 11.6 Å². The molecule has 0 aliphatic carbocycles. The number of carbonyl (C=O) groups is 1. The first kappa shape index (κ1) is 17.7. The van der Waals surface area contributed by atoms with Gasteiger partial charge in [-0.25, -0.2) is 13.1 Å². The summed E-state index contributed by atoms with van der Waals surface area (Å²) in [6.45, 7) is 1.19. The van der Waals surface area contributed by atoms with Gasteiger partial charge in [0.2, 0.25) is 15.9 Å². The first-order valence-electron chi connectivity index (χ1n) is 7.24. The van der Waals surface area contributed by atoms with Crippen LogP contribution in [0.4, 0.5) is 0 Å². The lowest BCUT2D eigenvalue weighted by atomic mass is 9.98. The predicted octanol–water partition coefficient (Wildman–Crippen LogP) is 1.72. The first-order chi connectivity index (χ1) is 9.44. The third kappa shape index (κ3) is 6.90. The van der Waals surface area contributed by atoms with Gasteiger partial charge in [-0.05, 0) is 38.5 Å². The molecule has 0 spiro atoms. The predicted molar refractivity (Wildman–Crippen MR) is 81.4 cm³/mol. The molecule has 0 radical (unpaired) electrons. The standard InChI is InChI=1S/C13H25ClN2O3S/c1-20(18,19)15-10-8-12-6-3-5-11-16(12)13(17)7-2-4-9-14/h12,15H,2-11H2,1H3. The summed E-state index contributed by atoms with van der Waals surface area (Å²) in [4.78, 5) is 14.1. The third-order valence-corrected chi connectivity index (χ3v) is 4.56. The summed E-state index contributed by atoms with van der Waals surface area (Å²) in [5, 5.41) is 0. The zero-order valence-corrected chi connectivity index (χ0v) is 13.7. The number of hydrogen-bond acceptors (Lipinski definition) is 3. The Morgan fingerprint density at radius 1 is 1.35 bits per heavy atom. The fourth-order valence-electron chi connectivity index (χ4n) is 2.55. The molecule has 1 amide bonds.